The van der Waals surface area contributed by atoms with Crippen molar-refractivity contribution in [2.75, 3.05) is 13.6 Å². The molecule has 0 radical (unpaired) electrons. The van der Waals surface area contributed by atoms with Gasteiger partial charge in [-0.1, -0.05) is 0 Å². The fraction of sp³-hybridized carbons (Fsp3) is 0.417. The molecule has 1 aromatic rings. The SMILES string of the molecule is Cc1cc([N+](=O)[O-])cc(S(=O)(=O)N(C)CCC#N)c1C. The molecular weight excluding hydrogens is 282 g/mol. The minimum absolute atomic E-state index is 0.0417. The molecule has 0 heterocycles. The zero-order chi connectivity index (χ0) is 15.5. The van der Waals surface area contributed by atoms with Gasteiger partial charge in [-0.3, -0.25) is 10.1 Å². The van der Waals surface area contributed by atoms with E-state index in [9.17, 15) is 18.5 Å². The predicted octanol–water partition coefficient (Wildman–Crippen LogP) is 1.75. The van der Waals surface area contributed by atoms with Gasteiger partial charge in [0.1, 0.15) is 0 Å². The third-order valence-corrected chi connectivity index (χ3v) is 5.03. The second kappa shape index (κ2) is 5.98. The van der Waals surface area contributed by atoms with E-state index in [2.05, 4.69) is 0 Å². The first-order chi connectivity index (χ1) is 9.21. The molecule has 0 amide bonds. The molecule has 20 heavy (non-hydrogen) atoms. The Morgan fingerprint density at radius 2 is 2.00 bits per heavy atom. The van der Waals surface area contributed by atoms with Crippen molar-refractivity contribution in [2.24, 2.45) is 0 Å². The van der Waals surface area contributed by atoms with Crippen LogP contribution in [0.3, 0.4) is 0 Å². The first-order valence-electron chi connectivity index (χ1n) is 5.80. The van der Waals surface area contributed by atoms with E-state index in [0.717, 1.165) is 10.4 Å². The lowest BCUT2D eigenvalue weighted by molar-refractivity contribution is -0.385. The van der Waals surface area contributed by atoms with Crippen LogP contribution < -0.4 is 0 Å². The van der Waals surface area contributed by atoms with Crippen LogP contribution in [0.25, 0.3) is 0 Å². The lowest BCUT2D eigenvalue weighted by Crippen LogP contribution is -2.28. The van der Waals surface area contributed by atoms with Crippen LogP contribution >= 0.6 is 0 Å². The summed E-state index contributed by atoms with van der Waals surface area (Å²) in [6.45, 7) is 3.26. The summed E-state index contributed by atoms with van der Waals surface area (Å²) in [4.78, 5) is 10.1. The minimum atomic E-state index is -3.84. The lowest BCUT2D eigenvalue weighted by atomic mass is 10.1. The summed E-state index contributed by atoms with van der Waals surface area (Å²) in [6, 6.07) is 4.26. The highest BCUT2D eigenvalue weighted by Crippen LogP contribution is 2.27. The third-order valence-electron chi connectivity index (χ3n) is 3.04. The van der Waals surface area contributed by atoms with Gasteiger partial charge in [0, 0.05) is 32.1 Å². The maximum absolute atomic E-state index is 12.4. The first kappa shape index (κ1) is 16.1. The molecule has 1 aromatic carbocycles. The Kier molecular flexibility index (Phi) is 4.81. The Bertz CT molecular complexity index is 677. The van der Waals surface area contributed by atoms with Crippen molar-refractivity contribution in [3.05, 3.63) is 33.4 Å². The number of sulfonamides is 1. The fourth-order valence-electron chi connectivity index (χ4n) is 1.68. The minimum Gasteiger partial charge on any atom is -0.258 e. The van der Waals surface area contributed by atoms with E-state index in [-0.39, 0.29) is 23.5 Å². The summed E-state index contributed by atoms with van der Waals surface area (Å²) in [5.74, 6) is 0. The Hall–Kier alpha value is -1.98. The van der Waals surface area contributed by atoms with E-state index in [1.807, 2.05) is 6.07 Å². The molecule has 0 saturated heterocycles. The molecule has 0 N–H and O–H groups in total. The molecule has 8 heteroatoms. The van der Waals surface area contributed by atoms with Gasteiger partial charge in [0.2, 0.25) is 10.0 Å². The largest absolute Gasteiger partial charge is 0.271 e. The van der Waals surface area contributed by atoms with E-state index in [1.165, 1.54) is 13.1 Å². The van der Waals surface area contributed by atoms with Crippen LogP contribution in [0.2, 0.25) is 0 Å². The smallest absolute Gasteiger partial charge is 0.258 e. The number of non-ortho nitro benzene ring substituents is 1. The summed E-state index contributed by atoms with van der Waals surface area (Å²) in [5.41, 5.74) is 0.742. The van der Waals surface area contributed by atoms with Gasteiger partial charge in [0.05, 0.1) is 15.9 Å². The van der Waals surface area contributed by atoms with Crippen LogP contribution in [-0.2, 0) is 10.0 Å². The molecule has 1 rings (SSSR count). The number of nitrogens with zero attached hydrogens (tertiary/aromatic N) is 3. The molecule has 0 spiro atoms. The van der Waals surface area contributed by atoms with E-state index in [0.29, 0.717) is 11.1 Å². The number of nitriles is 1. The number of rotatable bonds is 5. The van der Waals surface area contributed by atoms with Crippen molar-refractivity contribution in [2.45, 2.75) is 25.2 Å². The summed E-state index contributed by atoms with van der Waals surface area (Å²) >= 11 is 0. The molecule has 7 nitrogen and oxygen atoms in total. The number of benzene rings is 1. The molecule has 0 aliphatic heterocycles. The van der Waals surface area contributed by atoms with E-state index >= 15 is 0 Å². The summed E-state index contributed by atoms with van der Waals surface area (Å²) in [6.07, 6.45) is 0.0582. The number of hydrogen-bond donors (Lipinski definition) is 0. The zero-order valence-electron chi connectivity index (χ0n) is 11.5. The van der Waals surface area contributed by atoms with Gasteiger partial charge in [0.25, 0.3) is 5.69 Å². The van der Waals surface area contributed by atoms with Crippen molar-refractivity contribution in [1.82, 2.24) is 4.31 Å². The normalized spacial score (nSPS) is 11.3. The average Bonchev–Trinajstić information content (AvgIpc) is 2.38. The first-order valence-corrected chi connectivity index (χ1v) is 7.24. The lowest BCUT2D eigenvalue weighted by Gasteiger charge is -2.18. The summed E-state index contributed by atoms with van der Waals surface area (Å²) < 4.78 is 25.8. The van der Waals surface area contributed by atoms with Gasteiger partial charge in [-0.25, -0.2) is 8.42 Å². The van der Waals surface area contributed by atoms with Gasteiger partial charge >= 0.3 is 0 Å². The molecule has 0 aliphatic carbocycles. The second-order valence-corrected chi connectivity index (χ2v) is 6.39. The van der Waals surface area contributed by atoms with Crippen molar-refractivity contribution in [3.63, 3.8) is 0 Å². The van der Waals surface area contributed by atoms with Crippen LogP contribution in [0.4, 0.5) is 5.69 Å². The maximum atomic E-state index is 12.4. The van der Waals surface area contributed by atoms with Crippen molar-refractivity contribution in [1.29, 1.82) is 5.26 Å². The van der Waals surface area contributed by atoms with Crippen LogP contribution in [0.5, 0.6) is 0 Å². The van der Waals surface area contributed by atoms with Gasteiger partial charge in [0.15, 0.2) is 0 Å². The second-order valence-electron chi connectivity index (χ2n) is 4.38. The van der Waals surface area contributed by atoms with E-state index in [1.54, 1.807) is 13.8 Å². The highest BCUT2D eigenvalue weighted by Gasteiger charge is 2.26. The van der Waals surface area contributed by atoms with Gasteiger partial charge in [-0.05, 0) is 25.0 Å². The third kappa shape index (κ3) is 3.12. The number of aryl methyl sites for hydroxylation is 1. The van der Waals surface area contributed by atoms with Crippen molar-refractivity contribution in [3.8, 4) is 6.07 Å². The Morgan fingerprint density at radius 3 is 2.50 bits per heavy atom. The molecule has 0 atom stereocenters. The predicted molar refractivity (Wildman–Crippen MR) is 72.6 cm³/mol. The average molecular weight is 297 g/mol. The number of nitro groups is 1. The summed E-state index contributed by atoms with van der Waals surface area (Å²) in [5, 5.41) is 19.3. The Morgan fingerprint density at radius 1 is 1.40 bits per heavy atom. The van der Waals surface area contributed by atoms with Crippen LogP contribution in [0.1, 0.15) is 17.5 Å². The number of hydrogen-bond acceptors (Lipinski definition) is 5. The fourth-order valence-corrected chi connectivity index (χ4v) is 3.16. The van der Waals surface area contributed by atoms with Gasteiger partial charge in [-0.2, -0.15) is 9.57 Å². The Balaban J connectivity index is 3.38. The molecule has 0 saturated carbocycles. The van der Waals surface area contributed by atoms with E-state index < -0.39 is 14.9 Å². The Labute approximate surface area is 117 Å². The topological polar surface area (TPSA) is 104 Å². The zero-order valence-corrected chi connectivity index (χ0v) is 12.3. The molecule has 108 valence electrons. The van der Waals surface area contributed by atoms with Crippen LogP contribution in [0, 0.1) is 35.3 Å². The molecule has 0 aromatic heterocycles. The van der Waals surface area contributed by atoms with E-state index in [4.69, 9.17) is 5.26 Å². The quantitative estimate of drug-likeness (QED) is 0.608. The molecular formula is C12H15N3O4S. The number of nitro benzene ring substituents is 1. The highest BCUT2D eigenvalue weighted by molar-refractivity contribution is 7.89. The maximum Gasteiger partial charge on any atom is 0.271 e. The van der Waals surface area contributed by atoms with Crippen LogP contribution in [-0.4, -0.2) is 31.2 Å². The molecule has 0 unspecified atom stereocenters. The molecule has 0 fully saturated rings. The van der Waals surface area contributed by atoms with Gasteiger partial charge < -0.3 is 0 Å². The van der Waals surface area contributed by atoms with Crippen LogP contribution in [0.15, 0.2) is 17.0 Å². The van der Waals surface area contributed by atoms with Crippen molar-refractivity contribution >= 4 is 15.7 Å². The van der Waals surface area contributed by atoms with Crippen molar-refractivity contribution < 1.29 is 13.3 Å². The molecule has 0 bridgehead atoms. The van der Waals surface area contributed by atoms with Gasteiger partial charge in [-0.15, -0.1) is 0 Å². The molecule has 0 aliphatic rings. The standard InChI is InChI=1S/C12H15N3O4S/c1-9-7-11(15(16)17)8-12(10(9)2)20(18,19)14(3)6-4-5-13/h7-8H,4,6H2,1-3H3. The monoisotopic (exact) mass is 297 g/mol. The highest BCUT2D eigenvalue weighted by atomic mass is 32.2. The summed E-state index contributed by atoms with van der Waals surface area (Å²) in [7, 11) is -2.50.